The Labute approximate surface area is 84.6 Å². The number of rotatable bonds is 6. The normalized spacial score (nSPS) is 14.9. The zero-order chi connectivity index (χ0) is 11.1. The molecule has 0 saturated heterocycles. The van der Waals surface area contributed by atoms with E-state index in [2.05, 4.69) is 0 Å². The molecule has 0 saturated carbocycles. The summed E-state index contributed by atoms with van der Waals surface area (Å²) in [5.74, 6) is -0.786. The van der Waals surface area contributed by atoms with Crippen LogP contribution >= 0.6 is 0 Å². The van der Waals surface area contributed by atoms with Crippen LogP contribution in [-0.4, -0.2) is 49.6 Å². The van der Waals surface area contributed by atoms with Gasteiger partial charge < -0.3 is 9.84 Å². The van der Waals surface area contributed by atoms with Crippen molar-refractivity contribution in [1.29, 1.82) is 0 Å². The van der Waals surface area contributed by atoms with E-state index in [4.69, 9.17) is 9.57 Å². The molecule has 14 heavy (non-hydrogen) atoms. The molecule has 0 aliphatic carbocycles. The molecule has 0 fully saturated rings. The van der Waals surface area contributed by atoms with Crippen LogP contribution in [0.1, 0.15) is 13.8 Å². The minimum absolute atomic E-state index is 0.168. The Morgan fingerprint density at radius 1 is 1.57 bits per heavy atom. The van der Waals surface area contributed by atoms with Gasteiger partial charge in [0.2, 0.25) is 0 Å². The Morgan fingerprint density at radius 2 is 2.14 bits per heavy atom. The lowest BCUT2D eigenvalue weighted by atomic mass is 10.1. The van der Waals surface area contributed by atoms with E-state index in [9.17, 15) is 9.90 Å². The molecule has 0 heterocycles. The highest BCUT2D eigenvalue weighted by molar-refractivity contribution is 5.77. The molecule has 2 atom stereocenters. The van der Waals surface area contributed by atoms with Crippen LogP contribution in [0, 0.1) is 5.92 Å². The van der Waals surface area contributed by atoms with Gasteiger partial charge in [0, 0.05) is 13.7 Å². The van der Waals surface area contributed by atoms with Crippen LogP contribution in [0.2, 0.25) is 0 Å². The molecule has 1 N–H and O–H groups in total. The molecule has 0 aliphatic rings. The molecule has 0 aromatic carbocycles. The number of amides is 1. The van der Waals surface area contributed by atoms with E-state index in [0.29, 0.717) is 6.61 Å². The Hall–Kier alpha value is -0.650. The molecule has 0 aliphatic heterocycles. The zero-order valence-electron chi connectivity index (χ0n) is 9.19. The molecule has 0 bridgehead atoms. The molecule has 5 heteroatoms. The lowest BCUT2D eigenvalue weighted by Crippen LogP contribution is -2.38. The fourth-order valence-electron chi connectivity index (χ4n) is 0.924. The first-order valence-corrected chi connectivity index (χ1v) is 4.62. The summed E-state index contributed by atoms with van der Waals surface area (Å²) in [4.78, 5) is 16.2. The first kappa shape index (κ1) is 13.4. The molecule has 84 valence electrons. The SMILES string of the molecule is CCOC[C@@H](O)[C@H](C)C(=O)N(C)OC. The van der Waals surface area contributed by atoms with Crippen LogP contribution in [0.25, 0.3) is 0 Å². The van der Waals surface area contributed by atoms with E-state index in [1.54, 1.807) is 6.92 Å². The first-order valence-electron chi connectivity index (χ1n) is 4.62. The molecule has 0 aromatic heterocycles. The van der Waals surface area contributed by atoms with Crippen molar-refractivity contribution >= 4 is 5.91 Å². The number of nitrogens with zero attached hydrogens (tertiary/aromatic N) is 1. The van der Waals surface area contributed by atoms with Crippen molar-refractivity contribution in [2.24, 2.45) is 5.92 Å². The second kappa shape index (κ2) is 6.75. The number of carbonyl (C=O) groups excluding carboxylic acids is 1. The molecular formula is C9H19NO4. The van der Waals surface area contributed by atoms with Gasteiger partial charge in [-0.2, -0.15) is 0 Å². The van der Waals surface area contributed by atoms with Crippen molar-refractivity contribution in [3.05, 3.63) is 0 Å². The fourth-order valence-corrected chi connectivity index (χ4v) is 0.924. The van der Waals surface area contributed by atoms with Crippen molar-refractivity contribution in [3.8, 4) is 0 Å². The van der Waals surface area contributed by atoms with Crippen LogP contribution < -0.4 is 0 Å². The van der Waals surface area contributed by atoms with Crippen molar-refractivity contribution in [2.45, 2.75) is 20.0 Å². The Kier molecular flexibility index (Phi) is 6.44. The summed E-state index contributed by atoms with van der Waals surface area (Å²) in [6, 6.07) is 0. The van der Waals surface area contributed by atoms with Gasteiger partial charge in [-0.25, -0.2) is 5.06 Å². The topological polar surface area (TPSA) is 59.0 Å². The zero-order valence-corrected chi connectivity index (χ0v) is 9.19. The van der Waals surface area contributed by atoms with E-state index in [-0.39, 0.29) is 12.5 Å². The van der Waals surface area contributed by atoms with E-state index in [1.165, 1.54) is 14.2 Å². The summed E-state index contributed by atoms with van der Waals surface area (Å²) in [5, 5.41) is 10.6. The highest BCUT2D eigenvalue weighted by Crippen LogP contribution is 2.07. The summed E-state index contributed by atoms with van der Waals surface area (Å²) < 4.78 is 5.02. The molecule has 1 amide bonds. The predicted molar refractivity (Wildman–Crippen MR) is 51.4 cm³/mol. The van der Waals surface area contributed by atoms with Crippen LogP contribution in [-0.2, 0) is 14.4 Å². The smallest absolute Gasteiger partial charge is 0.251 e. The minimum Gasteiger partial charge on any atom is -0.390 e. The highest BCUT2D eigenvalue weighted by Gasteiger charge is 2.24. The Balaban J connectivity index is 4.03. The standard InChI is InChI=1S/C9H19NO4/c1-5-14-6-8(11)7(2)9(12)10(3)13-4/h7-8,11H,5-6H2,1-4H3/t7-,8+/m0/s1. The van der Waals surface area contributed by atoms with Gasteiger partial charge in [0.25, 0.3) is 5.91 Å². The molecule has 0 rings (SSSR count). The van der Waals surface area contributed by atoms with Gasteiger partial charge in [-0.1, -0.05) is 6.92 Å². The van der Waals surface area contributed by atoms with Gasteiger partial charge in [0.05, 0.1) is 25.7 Å². The highest BCUT2D eigenvalue weighted by atomic mass is 16.7. The third-order valence-corrected chi connectivity index (χ3v) is 2.04. The summed E-state index contributed by atoms with van der Waals surface area (Å²) in [5.41, 5.74) is 0. The van der Waals surface area contributed by atoms with Crippen LogP contribution in [0.15, 0.2) is 0 Å². The third kappa shape index (κ3) is 4.04. The summed E-state index contributed by atoms with van der Waals surface area (Å²) in [6.45, 7) is 4.17. The molecule has 5 nitrogen and oxygen atoms in total. The van der Waals surface area contributed by atoms with Crippen LogP contribution in [0.4, 0.5) is 0 Å². The Morgan fingerprint density at radius 3 is 2.57 bits per heavy atom. The third-order valence-electron chi connectivity index (χ3n) is 2.04. The average Bonchev–Trinajstić information content (AvgIpc) is 2.22. The predicted octanol–water partition coefficient (Wildman–Crippen LogP) is 0.0397. The molecule has 0 aromatic rings. The van der Waals surface area contributed by atoms with E-state index < -0.39 is 12.0 Å². The second-order valence-electron chi connectivity index (χ2n) is 3.03. The van der Waals surface area contributed by atoms with E-state index >= 15 is 0 Å². The van der Waals surface area contributed by atoms with Crippen LogP contribution in [0.3, 0.4) is 0 Å². The van der Waals surface area contributed by atoms with Gasteiger partial charge in [-0.3, -0.25) is 9.63 Å². The number of aliphatic hydroxyl groups excluding tert-OH is 1. The maximum atomic E-state index is 11.5. The number of hydrogen-bond acceptors (Lipinski definition) is 4. The van der Waals surface area contributed by atoms with Crippen molar-refractivity contribution in [2.75, 3.05) is 27.4 Å². The van der Waals surface area contributed by atoms with Gasteiger partial charge in [0.1, 0.15) is 0 Å². The lowest BCUT2D eigenvalue weighted by Gasteiger charge is -2.22. The van der Waals surface area contributed by atoms with Gasteiger partial charge in [-0.15, -0.1) is 0 Å². The number of aliphatic hydroxyl groups is 1. The van der Waals surface area contributed by atoms with Gasteiger partial charge in [0.15, 0.2) is 0 Å². The Bertz CT molecular complexity index is 174. The summed E-state index contributed by atoms with van der Waals surface area (Å²) in [7, 11) is 2.91. The number of carbonyl (C=O) groups is 1. The second-order valence-corrected chi connectivity index (χ2v) is 3.03. The first-order chi connectivity index (χ1) is 6.54. The molecule has 0 unspecified atom stereocenters. The van der Waals surface area contributed by atoms with Crippen molar-refractivity contribution in [3.63, 3.8) is 0 Å². The molecular weight excluding hydrogens is 186 g/mol. The van der Waals surface area contributed by atoms with E-state index in [1.807, 2.05) is 6.92 Å². The minimum atomic E-state index is -0.792. The van der Waals surface area contributed by atoms with Crippen LogP contribution in [0.5, 0.6) is 0 Å². The van der Waals surface area contributed by atoms with Gasteiger partial charge >= 0.3 is 0 Å². The van der Waals surface area contributed by atoms with Gasteiger partial charge in [-0.05, 0) is 6.92 Å². The molecule has 0 radical (unpaired) electrons. The largest absolute Gasteiger partial charge is 0.390 e. The quantitative estimate of drug-likeness (QED) is 0.622. The lowest BCUT2D eigenvalue weighted by molar-refractivity contribution is -0.177. The maximum Gasteiger partial charge on any atom is 0.251 e. The monoisotopic (exact) mass is 205 g/mol. The number of hydroxylamine groups is 2. The number of hydrogen-bond donors (Lipinski definition) is 1. The molecule has 0 spiro atoms. The van der Waals surface area contributed by atoms with E-state index in [0.717, 1.165) is 5.06 Å². The van der Waals surface area contributed by atoms with Crippen molar-refractivity contribution < 1.29 is 19.5 Å². The summed E-state index contributed by atoms with van der Waals surface area (Å²) >= 11 is 0. The maximum absolute atomic E-state index is 11.5. The average molecular weight is 205 g/mol. The summed E-state index contributed by atoms with van der Waals surface area (Å²) in [6.07, 6.45) is -0.792. The van der Waals surface area contributed by atoms with Crippen molar-refractivity contribution in [1.82, 2.24) is 5.06 Å². The fraction of sp³-hybridized carbons (Fsp3) is 0.889. The number of ether oxygens (including phenoxy) is 1.